The summed E-state index contributed by atoms with van der Waals surface area (Å²) in [5, 5.41) is 0. The number of aromatic nitrogens is 2. The van der Waals surface area contributed by atoms with Gasteiger partial charge in [0.15, 0.2) is 5.78 Å². The highest BCUT2D eigenvalue weighted by Gasteiger charge is 2.24. The van der Waals surface area contributed by atoms with Gasteiger partial charge in [0, 0.05) is 36.6 Å². The molecule has 1 fully saturated rings. The molecule has 0 saturated carbocycles. The third-order valence-corrected chi connectivity index (χ3v) is 4.15. The Kier molecular flexibility index (Phi) is 4.15. The second kappa shape index (κ2) is 6.60. The molecule has 4 rings (SSSR count). The van der Waals surface area contributed by atoms with Crippen LogP contribution in [0.5, 0.6) is 5.75 Å². The largest absolute Gasteiger partial charge is 0.488 e. The number of benzene rings is 1. The Bertz CT molecular complexity index is 830. The minimum Gasteiger partial charge on any atom is -0.488 e. The van der Waals surface area contributed by atoms with Crippen molar-refractivity contribution in [3.8, 4) is 5.75 Å². The lowest BCUT2D eigenvalue weighted by Crippen LogP contribution is -2.37. The van der Waals surface area contributed by atoms with E-state index >= 15 is 0 Å². The van der Waals surface area contributed by atoms with Crippen molar-refractivity contribution in [2.75, 3.05) is 37.8 Å². The normalized spacial score (nSPS) is 18.8. The molecule has 0 bridgehead atoms. The highest BCUT2D eigenvalue weighted by molar-refractivity contribution is 6.14. The van der Waals surface area contributed by atoms with Gasteiger partial charge in [-0.1, -0.05) is 0 Å². The third-order valence-electron chi connectivity index (χ3n) is 4.15. The average Bonchev–Trinajstić information content (AvgIpc) is 2.66. The van der Waals surface area contributed by atoms with Crippen molar-refractivity contribution in [3.63, 3.8) is 0 Å². The molecule has 0 amide bonds. The summed E-state index contributed by atoms with van der Waals surface area (Å²) in [5.41, 5.74) is 1.38. The zero-order chi connectivity index (χ0) is 17.2. The molecule has 0 unspecified atom stereocenters. The van der Waals surface area contributed by atoms with Gasteiger partial charge in [0.25, 0.3) is 0 Å². The Labute approximate surface area is 143 Å². The fourth-order valence-corrected chi connectivity index (χ4v) is 2.84. The van der Waals surface area contributed by atoms with E-state index < -0.39 is 5.82 Å². The van der Waals surface area contributed by atoms with Crippen LogP contribution in [0.25, 0.3) is 6.08 Å². The smallest absolute Gasteiger partial charge is 0.225 e. The van der Waals surface area contributed by atoms with E-state index in [0.717, 1.165) is 13.1 Å². The molecule has 2 aliphatic rings. The van der Waals surface area contributed by atoms with Crippen LogP contribution in [0, 0.1) is 5.82 Å². The molecule has 0 atom stereocenters. The van der Waals surface area contributed by atoms with Gasteiger partial charge in [-0.2, -0.15) is 0 Å². The lowest BCUT2D eigenvalue weighted by Gasteiger charge is -2.26. The monoisotopic (exact) mass is 341 g/mol. The van der Waals surface area contributed by atoms with Gasteiger partial charge < -0.3 is 14.4 Å². The molecule has 25 heavy (non-hydrogen) atoms. The quantitative estimate of drug-likeness (QED) is 0.780. The molecule has 1 aromatic heterocycles. The molecule has 0 N–H and O–H groups in total. The number of nitrogens with zero attached hydrogens (tertiary/aromatic N) is 3. The number of morpholine rings is 1. The number of ketones is 1. The highest BCUT2D eigenvalue weighted by atomic mass is 19.1. The van der Waals surface area contributed by atoms with Crippen molar-refractivity contribution in [2.45, 2.75) is 0 Å². The molecule has 2 aromatic rings. The SMILES string of the molecule is O=C1/C(=C\c2cnc(N3CCOCC3)nc2)COc2ccc(F)cc21. The molecule has 1 saturated heterocycles. The van der Waals surface area contributed by atoms with Gasteiger partial charge in [-0.15, -0.1) is 0 Å². The van der Waals surface area contributed by atoms with Crippen molar-refractivity contribution < 1.29 is 18.7 Å². The van der Waals surface area contributed by atoms with Gasteiger partial charge in [-0.25, -0.2) is 14.4 Å². The summed E-state index contributed by atoms with van der Waals surface area (Å²) in [6.45, 7) is 2.99. The predicted octanol–water partition coefficient (Wildman–Crippen LogP) is 2.11. The number of carbonyl (C=O) groups excluding carboxylic acids is 1. The number of fused-ring (bicyclic) bond motifs is 1. The van der Waals surface area contributed by atoms with E-state index in [4.69, 9.17) is 9.47 Å². The van der Waals surface area contributed by atoms with Crippen molar-refractivity contribution >= 4 is 17.8 Å². The number of halogens is 1. The molecule has 2 aliphatic heterocycles. The minimum atomic E-state index is -0.463. The Morgan fingerprint density at radius 3 is 2.68 bits per heavy atom. The fourth-order valence-electron chi connectivity index (χ4n) is 2.84. The van der Waals surface area contributed by atoms with Crippen molar-refractivity contribution in [1.29, 1.82) is 0 Å². The maximum absolute atomic E-state index is 13.4. The number of hydrogen-bond acceptors (Lipinski definition) is 6. The van der Waals surface area contributed by atoms with E-state index in [1.807, 2.05) is 4.90 Å². The predicted molar refractivity (Wildman–Crippen MR) is 89.3 cm³/mol. The molecule has 0 radical (unpaired) electrons. The van der Waals surface area contributed by atoms with Crippen LogP contribution >= 0.6 is 0 Å². The van der Waals surface area contributed by atoms with E-state index in [2.05, 4.69) is 9.97 Å². The summed E-state index contributed by atoms with van der Waals surface area (Å²) in [6.07, 6.45) is 5.01. The minimum absolute atomic E-state index is 0.142. The number of carbonyl (C=O) groups is 1. The van der Waals surface area contributed by atoms with Gasteiger partial charge in [0.05, 0.1) is 18.8 Å². The van der Waals surface area contributed by atoms with Gasteiger partial charge in [-0.05, 0) is 24.3 Å². The van der Waals surface area contributed by atoms with Crippen molar-refractivity contribution in [1.82, 2.24) is 9.97 Å². The molecular weight excluding hydrogens is 325 g/mol. The highest BCUT2D eigenvalue weighted by Crippen LogP contribution is 2.28. The number of anilines is 1. The Morgan fingerprint density at radius 1 is 1.16 bits per heavy atom. The molecule has 6 nitrogen and oxygen atoms in total. The molecule has 7 heteroatoms. The summed E-state index contributed by atoms with van der Waals surface area (Å²) < 4.78 is 24.2. The summed E-state index contributed by atoms with van der Waals surface area (Å²) >= 11 is 0. The molecular formula is C18H16FN3O3. The van der Waals surface area contributed by atoms with Crippen LogP contribution in [0.1, 0.15) is 15.9 Å². The van der Waals surface area contributed by atoms with E-state index in [1.165, 1.54) is 18.2 Å². The van der Waals surface area contributed by atoms with Crippen LogP contribution in [0.3, 0.4) is 0 Å². The Hall–Kier alpha value is -2.80. The summed E-state index contributed by atoms with van der Waals surface area (Å²) in [5.74, 6) is 0.347. The first-order chi connectivity index (χ1) is 12.2. The first kappa shape index (κ1) is 15.7. The first-order valence-electron chi connectivity index (χ1n) is 8.03. The van der Waals surface area contributed by atoms with Crippen LogP contribution in [-0.2, 0) is 4.74 Å². The van der Waals surface area contributed by atoms with Crippen LogP contribution in [0.4, 0.5) is 10.3 Å². The summed E-state index contributed by atoms with van der Waals surface area (Å²) in [7, 11) is 0. The van der Waals surface area contributed by atoms with E-state index in [-0.39, 0.29) is 18.0 Å². The number of hydrogen-bond donors (Lipinski definition) is 0. The van der Waals surface area contributed by atoms with Gasteiger partial charge in [0.1, 0.15) is 18.2 Å². The second-order valence-corrected chi connectivity index (χ2v) is 5.84. The standard InChI is InChI=1S/C18H16FN3O3/c19-14-1-2-16-15(8-14)17(23)13(11-25-16)7-12-9-20-18(21-10-12)22-3-5-24-6-4-22/h1-2,7-10H,3-6,11H2/b13-7-. The zero-order valence-electron chi connectivity index (χ0n) is 13.4. The maximum Gasteiger partial charge on any atom is 0.225 e. The van der Waals surface area contributed by atoms with Crippen molar-refractivity contribution in [2.24, 2.45) is 0 Å². The van der Waals surface area contributed by atoms with Gasteiger partial charge >= 0.3 is 0 Å². The molecule has 0 spiro atoms. The fraction of sp³-hybridized carbons (Fsp3) is 0.278. The van der Waals surface area contributed by atoms with E-state index in [9.17, 15) is 9.18 Å². The van der Waals surface area contributed by atoms with E-state index in [0.29, 0.717) is 36.0 Å². The van der Waals surface area contributed by atoms with Crippen LogP contribution < -0.4 is 9.64 Å². The average molecular weight is 341 g/mol. The van der Waals surface area contributed by atoms with Gasteiger partial charge in [-0.3, -0.25) is 4.79 Å². The molecule has 0 aliphatic carbocycles. The van der Waals surface area contributed by atoms with E-state index in [1.54, 1.807) is 18.5 Å². The van der Waals surface area contributed by atoms with Crippen LogP contribution in [-0.4, -0.2) is 48.7 Å². The summed E-state index contributed by atoms with van der Waals surface area (Å²) in [4.78, 5) is 23.3. The topological polar surface area (TPSA) is 64.6 Å². The van der Waals surface area contributed by atoms with Crippen molar-refractivity contribution in [3.05, 3.63) is 53.1 Å². The van der Waals surface area contributed by atoms with Gasteiger partial charge in [0.2, 0.25) is 5.95 Å². The first-order valence-corrected chi connectivity index (χ1v) is 8.03. The van der Waals surface area contributed by atoms with Crippen LogP contribution in [0.15, 0.2) is 36.2 Å². The zero-order valence-corrected chi connectivity index (χ0v) is 13.4. The Morgan fingerprint density at radius 2 is 1.92 bits per heavy atom. The molecule has 128 valence electrons. The van der Waals surface area contributed by atoms with Crippen LogP contribution in [0.2, 0.25) is 0 Å². The lowest BCUT2D eigenvalue weighted by atomic mass is 9.99. The Balaban J connectivity index is 1.55. The molecule has 3 heterocycles. The number of rotatable bonds is 2. The molecule has 1 aromatic carbocycles. The third kappa shape index (κ3) is 3.23. The summed E-state index contributed by atoms with van der Waals surface area (Å²) in [6, 6.07) is 3.95. The lowest BCUT2D eigenvalue weighted by molar-refractivity contribution is 0.1000. The number of Topliss-reactive ketones (excluding diaryl/α,β-unsaturated/α-hetero) is 1. The number of ether oxygens (including phenoxy) is 2. The second-order valence-electron chi connectivity index (χ2n) is 5.84. The maximum atomic E-state index is 13.4.